The molecule has 2 heterocycles. The van der Waals surface area contributed by atoms with Gasteiger partial charge in [0, 0.05) is 55.7 Å². The lowest BCUT2D eigenvalue weighted by Crippen LogP contribution is -2.61. The van der Waals surface area contributed by atoms with E-state index in [2.05, 4.69) is 29.6 Å². The predicted octanol–water partition coefficient (Wildman–Crippen LogP) is 6.46. The molecule has 2 unspecified atom stereocenters. The molecule has 0 radical (unpaired) electrons. The predicted molar refractivity (Wildman–Crippen MR) is 171 cm³/mol. The maximum Gasteiger partial charge on any atom is 0.252 e. The van der Waals surface area contributed by atoms with Crippen LogP contribution in [0.5, 0.6) is 5.75 Å². The van der Waals surface area contributed by atoms with Crippen LogP contribution in [0.2, 0.25) is 10.0 Å². The molecule has 2 amide bonds. The van der Waals surface area contributed by atoms with Gasteiger partial charge in [-0.15, -0.1) is 0 Å². The minimum absolute atomic E-state index is 0.0336. The summed E-state index contributed by atoms with van der Waals surface area (Å²) >= 11 is 12.8. The molecular formula is C35H37Cl2N3O3. The van der Waals surface area contributed by atoms with Crippen LogP contribution >= 0.6 is 23.2 Å². The van der Waals surface area contributed by atoms with Crippen LogP contribution in [0.3, 0.4) is 0 Å². The van der Waals surface area contributed by atoms with Gasteiger partial charge in [0.1, 0.15) is 5.75 Å². The van der Waals surface area contributed by atoms with Gasteiger partial charge in [0.15, 0.2) is 0 Å². The molecule has 2 fully saturated rings. The standard InChI is InChI=1S/C35H37Cl2N3O3/c1-22-7-14-31(37)33(17-22)43-16-15-24-8-10-25(11-9-24)29-18-27-20-39(23(2)41)21-32(38-27)34(29)35(42)40(28-12-13-28)19-26-5-3-4-6-30(26)36/h3-11,14,17,27-28,32,38H,12-13,15-16,18-21H2,1-2H3. The molecule has 6 nitrogen and oxygen atoms in total. The van der Waals surface area contributed by atoms with Gasteiger partial charge in [0.25, 0.3) is 5.91 Å². The van der Waals surface area contributed by atoms with Crippen LogP contribution in [0.4, 0.5) is 0 Å². The Balaban J connectivity index is 1.27. The number of nitrogens with zero attached hydrogens (tertiary/aromatic N) is 2. The zero-order valence-corrected chi connectivity index (χ0v) is 26.1. The van der Waals surface area contributed by atoms with Crippen LogP contribution in [-0.4, -0.2) is 59.4 Å². The number of fused-ring (bicyclic) bond motifs is 2. The molecule has 43 heavy (non-hydrogen) atoms. The summed E-state index contributed by atoms with van der Waals surface area (Å²) in [6.07, 6.45) is 3.40. The van der Waals surface area contributed by atoms with Crippen LogP contribution in [-0.2, 0) is 22.6 Å². The van der Waals surface area contributed by atoms with Crippen LogP contribution in [0.25, 0.3) is 5.57 Å². The third-order valence-electron chi connectivity index (χ3n) is 8.66. The van der Waals surface area contributed by atoms with E-state index in [1.807, 2.05) is 59.2 Å². The second-order valence-electron chi connectivity index (χ2n) is 11.9. The fourth-order valence-corrected chi connectivity index (χ4v) is 6.58. The third-order valence-corrected chi connectivity index (χ3v) is 9.35. The maximum absolute atomic E-state index is 14.5. The van der Waals surface area contributed by atoms with E-state index >= 15 is 0 Å². The van der Waals surface area contributed by atoms with Crippen molar-refractivity contribution >= 4 is 40.6 Å². The molecule has 1 aliphatic carbocycles. The quantitative estimate of drug-likeness (QED) is 0.299. The van der Waals surface area contributed by atoms with Gasteiger partial charge < -0.3 is 19.9 Å². The van der Waals surface area contributed by atoms with E-state index in [0.29, 0.717) is 48.5 Å². The fourth-order valence-electron chi connectivity index (χ4n) is 6.21. The van der Waals surface area contributed by atoms with Crippen molar-refractivity contribution in [3.63, 3.8) is 0 Å². The van der Waals surface area contributed by atoms with Crippen molar-refractivity contribution in [2.24, 2.45) is 0 Å². The number of aryl methyl sites for hydroxylation is 1. The van der Waals surface area contributed by atoms with E-state index in [4.69, 9.17) is 27.9 Å². The molecule has 2 bridgehead atoms. The third kappa shape index (κ3) is 6.77. The van der Waals surface area contributed by atoms with Crippen LogP contribution < -0.4 is 10.1 Å². The first-order chi connectivity index (χ1) is 20.8. The molecule has 8 heteroatoms. The summed E-state index contributed by atoms with van der Waals surface area (Å²) in [6.45, 7) is 5.73. The molecule has 224 valence electrons. The molecule has 6 rings (SSSR count). The highest BCUT2D eigenvalue weighted by molar-refractivity contribution is 6.32. The van der Waals surface area contributed by atoms with E-state index in [1.165, 1.54) is 0 Å². The molecule has 2 aliphatic heterocycles. The highest BCUT2D eigenvalue weighted by atomic mass is 35.5. The summed E-state index contributed by atoms with van der Waals surface area (Å²) in [7, 11) is 0. The number of amides is 2. The Kier molecular flexibility index (Phi) is 8.80. The van der Waals surface area contributed by atoms with Gasteiger partial charge in [-0.3, -0.25) is 9.59 Å². The normalized spacial score (nSPS) is 19.8. The van der Waals surface area contributed by atoms with Crippen molar-refractivity contribution in [2.45, 2.75) is 64.2 Å². The molecule has 3 aromatic rings. The summed E-state index contributed by atoms with van der Waals surface area (Å²) in [5.41, 5.74) is 6.09. The number of carbonyl (C=O) groups excluding carboxylic acids is 2. The van der Waals surface area contributed by atoms with Crippen LogP contribution in [0, 0.1) is 6.92 Å². The first-order valence-corrected chi connectivity index (χ1v) is 15.8. The first-order valence-electron chi connectivity index (χ1n) is 15.0. The second-order valence-corrected chi connectivity index (χ2v) is 12.7. The topological polar surface area (TPSA) is 61.9 Å². The number of benzene rings is 3. The zero-order valence-electron chi connectivity index (χ0n) is 24.6. The minimum atomic E-state index is -0.224. The molecule has 1 saturated carbocycles. The molecule has 3 aliphatic rings. The Morgan fingerprint density at radius 2 is 1.77 bits per heavy atom. The Morgan fingerprint density at radius 1 is 1.00 bits per heavy atom. The van der Waals surface area contributed by atoms with Crippen LogP contribution in [0.15, 0.2) is 72.3 Å². The minimum Gasteiger partial charge on any atom is -0.492 e. The van der Waals surface area contributed by atoms with Gasteiger partial charge in [0.2, 0.25) is 5.91 Å². The van der Waals surface area contributed by atoms with Gasteiger partial charge >= 0.3 is 0 Å². The van der Waals surface area contributed by atoms with Crippen molar-refractivity contribution in [1.29, 1.82) is 0 Å². The van der Waals surface area contributed by atoms with E-state index in [1.54, 1.807) is 6.92 Å². The summed E-state index contributed by atoms with van der Waals surface area (Å²) in [4.78, 5) is 30.8. The van der Waals surface area contributed by atoms with Gasteiger partial charge in [-0.1, -0.05) is 71.7 Å². The van der Waals surface area contributed by atoms with Gasteiger partial charge in [-0.25, -0.2) is 0 Å². The Labute approximate surface area is 263 Å². The summed E-state index contributed by atoms with van der Waals surface area (Å²) in [5.74, 6) is 0.774. The SMILES string of the molecule is CC(=O)N1CC2CC(c3ccc(CCOc4cc(C)ccc4Cl)cc3)=C(C(=O)N(Cc3ccccc3Cl)C3CC3)C(C1)N2. The number of hydrogen-bond donors (Lipinski definition) is 1. The number of hydrogen-bond acceptors (Lipinski definition) is 4. The lowest BCUT2D eigenvalue weighted by Gasteiger charge is -2.44. The molecular weight excluding hydrogens is 581 g/mol. The number of carbonyl (C=O) groups is 2. The van der Waals surface area contributed by atoms with Crippen molar-refractivity contribution in [1.82, 2.24) is 15.1 Å². The first kappa shape index (κ1) is 29.7. The molecule has 0 aromatic heterocycles. The molecule has 1 saturated heterocycles. The lowest BCUT2D eigenvalue weighted by atomic mass is 9.82. The van der Waals surface area contributed by atoms with Crippen molar-refractivity contribution in [3.05, 3.63) is 105 Å². The highest BCUT2D eigenvalue weighted by Gasteiger charge is 2.43. The fraction of sp³-hybridized carbons (Fsp3) is 0.371. The Morgan fingerprint density at radius 3 is 2.49 bits per heavy atom. The number of nitrogens with one attached hydrogen (secondary N) is 1. The summed E-state index contributed by atoms with van der Waals surface area (Å²) < 4.78 is 5.97. The number of ether oxygens (including phenoxy) is 1. The number of rotatable bonds is 9. The van der Waals surface area contributed by atoms with E-state index < -0.39 is 0 Å². The van der Waals surface area contributed by atoms with Crippen LogP contribution in [0.1, 0.15) is 48.4 Å². The zero-order chi connectivity index (χ0) is 30.1. The van der Waals surface area contributed by atoms with Crippen molar-refractivity contribution in [2.75, 3.05) is 19.7 Å². The number of piperazine rings is 1. The lowest BCUT2D eigenvalue weighted by molar-refractivity contribution is -0.132. The summed E-state index contributed by atoms with van der Waals surface area (Å²) in [6, 6.07) is 22.1. The second kappa shape index (κ2) is 12.7. The Hall–Kier alpha value is -3.32. The monoisotopic (exact) mass is 617 g/mol. The number of halogens is 2. The summed E-state index contributed by atoms with van der Waals surface area (Å²) in [5, 5.41) is 4.95. The molecule has 0 spiro atoms. The van der Waals surface area contributed by atoms with Gasteiger partial charge in [-0.05, 0) is 72.2 Å². The van der Waals surface area contributed by atoms with Gasteiger partial charge in [-0.2, -0.15) is 0 Å². The average Bonchev–Trinajstić information content (AvgIpc) is 3.83. The highest BCUT2D eigenvalue weighted by Crippen LogP contribution is 2.38. The largest absolute Gasteiger partial charge is 0.492 e. The van der Waals surface area contributed by atoms with Gasteiger partial charge in [0.05, 0.1) is 17.7 Å². The molecule has 2 atom stereocenters. The Bertz CT molecular complexity index is 1550. The van der Waals surface area contributed by atoms with E-state index in [9.17, 15) is 9.59 Å². The smallest absolute Gasteiger partial charge is 0.252 e. The molecule has 3 aromatic carbocycles. The molecule has 1 N–H and O–H groups in total. The van der Waals surface area contributed by atoms with E-state index in [-0.39, 0.29) is 29.9 Å². The van der Waals surface area contributed by atoms with Crippen molar-refractivity contribution in [3.8, 4) is 5.75 Å². The average molecular weight is 619 g/mol. The maximum atomic E-state index is 14.5. The van der Waals surface area contributed by atoms with Crippen molar-refractivity contribution < 1.29 is 14.3 Å². The van der Waals surface area contributed by atoms with E-state index in [0.717, 1.165) is 52.7 Å².